The molecule has 2 heterocycles. The Labute approximate surface area is 181 Å². The van der Waals surface area contributed by atoms with E-state index in [1.807, 2.05) is 53.4 Å². The molecule has 1 aliphatic rings. The highest BCUT2D eigenvalue weighted by Gasteiger charge is 2.30. The Morgan fingerprint density at radius 3 is 2.26 bits per heavy atom. The van der Waals surface area contributed by atoms with Gasteiger partial charge in [-0.15, -0.1) is 0 Å². The van der Waals surface area contributed by atoms with Crippen molar-refractivity contribution in [3.05, 3.63) is 59.9 Å². The maximum absolute atomic E-state index is 13.3. The van der Waals surface area contributed by atoms with E-state index < -0.39 is 0 Å². The van der Waals surface area contributed by atoms with E-state index in [9.17, 15) is 4.79 Å². The molecule has 0 saturated carbocycles. The Balaban J connectivity index is 1.46. The Kier molecular flexibility index (Phi) is 6.11. The van der Waals surface area contributed by atoms with Crippen LogP contribution < -0.4 is 14.2 Å². The molecule has 3 aromatic rings. The zero-order valence-electron chi connectivity index (χ0n) is 18.0. The van der Waals surface area contributed by atoms with Crippen molar-refractivity contribution in [2.75, 3.05) is 27.3 Å². The number of piperidine rings is 1. The van der Waals surface area contributed by atoms with Crippen LogP contribution in [0.15, 0.2) is 53.1 Å². The van der Waals surface area contributed by atoms with Gasteiger partial charge < -0.3 is 23.6 Å². The van der Waals surface area contributed by atoms with E-state index in [1.165, 1.54) is 0 Å². The number of likely N-dealkylation sites (tertiary alicyclic amines) is 1. The molecule has 0 radical (unpaired) electrons. The monoisotopic (exact) mass is 422 g/mol. The summed E-state index contributed by atoms with van der Waals surface area (Å²) in [7, 11) is 3.21. The first-order valence-corrected chi connectivity index (χ1v) is 10.3. The minimum atomic E-state index is -0.0640. The number of benzene rings is 2. The third kappa shape index (κ3) is 4.21. The number of carbonyl (C=O) groups is 1. The Hall–Kier alpha value is -3.48. The topological polar surface area (TPSA) is 74.0 Å². The highest BCUT2D eigenvalue weighted by atomic mass is 16.5. The van der Waals surface area contributed by atoms with Gasteiger partial charge in [0.2, 0.25) is 5.75 Å². The highest BCUT2D eigenvalue weighted by Crippen LogP contribution is 2.38. The molecular weight excluding hydrogens is 396 g/mol. The normalized spacial score (nSPS) is 14.4. The molecule has 31 heavy (non-hydrogen) atoms. The molecule has 7 nitrogen and oxygen atoms in total. The third-order valence-corrected chi connectivity index (χ3v) is 5.52. The summed E-state index contributed by atoms with van der Waals surface area (Å²) in [5.41, 5.74) is 1.97. The number of ether oxygens (including phenoxy) is 3. The second-order valence-electron chi connectivity index (χ2n) is 7.43. The van der Waals surface area contributed by atoms with Gasteiger partial charge in [-0.25, -0.2) is 0 Å². The predicted octanol–water partition coefficient (Wildman–Crippen LogP) is 4.35. The van der Waals surface area contributed by atoms with Crippen molar-refractivity contribution >= 4 is 5.91 Å². The van der Waals surface area contributed by atoms with E-state index in [2.05, 4.69) is 5.16 Å². The van der Waals surface area contributed by atoms with Crippen molar-refractivity contribution in [1.29, 1.82) is 0 Å². The first-order chi connectivity index (χ1) is 15.1. The molecule has 0 unspecified atom stereocenters. The van der Waals surface area contributed by atoms with Crippen LogP contribution >= 0.6 is 0 Å². The molecule has 2 aromatic carbocycles. The van der Waals surface area contributed by atoms with Gasteiger partial charge in [0, 0.05) is 31.5 Å². The van der Waals surface area contributed by atoms with E-state index in [1.54, 1.807) is 21.1 Å². The van der Waals surface area contributed by atoms with Crippen LogP contribution in [0.1, 0.15) is 29.0 Å². The number of hydrogen-bond donors (Lipinski definition) is 0. The van der Waals surface area contributed by atoms with Crippen LogP contribution in [0.2, 0.25) is 0 Å². The van der Waals surface area contributed by atoms with Crippen LogP contribution in [0.5, 0.6) is 17.2 Å². The van der Waals surface area contributed by atoms with Gasteiger partial charge in [-0.3, -0.25) is 4.79 Å². The average molecular weight is 422 g/mol. The lowest BCUT2D eigenvalue weighted by atomic mass is 10.0. The van der Waals surface area contributed by atoms with E-state index in [4.69, 9.17) is 18.7 Å². The number of rotatable bonds is 6. The lowest BCUT2D eigenvalue weighted by molar-refractivity contribution is 0.0584. The average Bonchev–Trinajstić information content (AvgIpc) is 3.21. The molecule has 162 valence electrons. The van der Waals surface area contributed by atoms with Gasteiger partial charge in [0.1, 0.15) is 23.1 Å². The van der Waals surface area contributed by atoms with Crippen molar-refractivity contribution < 1.29 is 23.5 Å². The zero-order chi connectivity index (χ0) is 21.8. The van der Waals surface area contributed by atoms with Crippen LogP contribution in [-0.4, -0.2) is 49.4 Å². The van der Waals surface area contributed by atoms with Crippen LogP contribution in [-0.2, 0) is 0 Å². The molecule has 0 spiro atoms. The second-order valence-corrected chi connectivity index (χ2v) is 7.43. The lowest BCUT2D eigenvalue weighted by Gasteiger charge is -2.32. The van der Waals surface area contributed by atoms with Crippen LogP contribution in [0.3, 0.4) is 0 Å². The predicted molar refractivity (Wildman–Crippen MR) is 116 cm³/mol. The summed E-state index contributed by atoms with van der Waals surface area (Å²) in [6.07, 6.45) is 1.38. The maximum Gasteiger partial charge on any atom is 0.259 e. The van der Waals surface area contributed by atoms with Gasteiger partial charge in [-0.2, -0.15) is 0 Å². The number of aryl methyl sites for hydroxylation is 1. The fraction of sp³-hybridized carbons (Fsp3) is 0.333. The SMILES string of the molecule is COc1cccc(OC)c1OC1CCN(C(=O)c2c(-c3ccccc3)noc2C)CC1. The largest absolute Gasteiger partial charge is 0.493 e. The molecule has 0 atom stereocenters. The molecule has 1 amide bonds. The van der Waals surface area contributed by atoms with Gasteiger partial charge in [-0.05, 0) is 19.1 Å². The molecule has 0 bridgehead atoms. The lowest BCUT2D eigenvalue weighted by Crippen LogP contribution is -2.42. The summed E-state index contributed by atoms with van der Waals surface area (Å²) < 4.78 is 22.4. The molecular formula is C24H26N2O5. The van der Waals surface area contributed by atoms with Gasteiger partial charge in [0.25, 0.3) is 5.91 Å². The molecule has 0 N–H and O–H groups in total. The minimum absolute atomic E-state index is 0.0357. The smallest absolute Gasteiger partial charge is 0.259 e. The molecule has 0 aliphatic carbocycles. The Bertz CT molecular complexity index is 1020. The van der Waals surface area contributed by atoms with E-state index in [0.717, 1.165) is 5.56 Å². The van der Waals surface area contributed by atoms with E-state index in [-0.39, 0.29) is 12.0 Å². The number of carbonyl (C=O) groups excluding carboxylic acids is 1. The summed E-state index contributed by atoms with van der Waals surface area (Å²) in [5, 5.41) is 4.14. The number of nitrogens with zero attached hydrogens (tertiary/aromatic N) is 2. The molecule has 1 saturated heterocycles. The molecule has 1 aliphatic heterocycles. The zero-order valence-corrected chi connectivity index (χ0v) is 18.0. The highest BCUT2D eigenvalue weighted by molar-refractivity contribution is 6.00. The molecule has 1 aromatic heterocycles. The van der Waals surface area contributed by atoms with Crippen molar-refractivity contribution in [3.63, 3.8) is 0 Å². The summed E-state index contributed by atoms with van der Waals surface area (Å²) in [6.45, 7) is 2.94. The summed E-state index contributed by atoms with van der Waals surface area (Å²) in [4.78, 5) is 15.1. The number of hydrogen-bond acceptors (Lipinski definition) is 6. The van der Waals surface area contributed by atoms with Gasteiger partial charge in [0.05, 0.1) is 14.2 Å². The van der Waals surface area contributed by atoms with Crippen molar-refractivity contribution in [1.82, 2.24) is 10.1 Å². The van der Waals surface area contributed by atoms with Crippen molar-refractivity contribution in [2.45, 2.75) is 25.9 Å². The number of amides is 1. The summed E-state index contributed by atoms with van der Waals surface area (Å²) >= 11 is 0. The van der Waals surface area contributed by atoms with Crippen LogP contribution in [0.25, 0.3) is 11.3 Å². The number of para-hydroxylation sites is 1. The standard InChI is InChI=1S/C24H26N2O5/c1-16-21(22(25-31-16)17-8-5-4-6-9-17)24(27)26-14-12-18(13-15-26)30-23-19(28-2)10-7-11-20(23)29-3/h4-11,18H,12-15H2,1-3H3. The van der Waals surface area contributed by atoms with E-state index >= 15 is 0 Å². The fourth-order valence-electron chi connectivity index (χ4n) is 3.85. The van der Waals surface area contributed by atoms with Crippen LogP contribution in [0.4, 0.5) is 0 Å². The summed E-state index contributed by atoms with van der Waals surface area (Å²) in [5.74, 6) is 2.32. The van der Waals surface area contributed by atoms with Crippen molar-refractivity contribution in [3.8, 4) is 28.5 Å². The van der Waals surface area contributed by atoms with Gasteiger partial charge >= 0.3 is 0 Å². The first-order valence-electron chi connectivity index (χ1n) is 10.3. The minimum Gasteiger partial charge on any atom is -0.493 e. The number of methoxy groups -OCH3 is 2. The quantitative estimate of drug-likeness (QED) is 0.588. The van der Waals surface area contributed by atoms with Crippen molar-refractivity contribution in [2.24, 2.45) is 0 Å². The molecule has 4 rings (SSSR count). The van der Waals surface area contributed by atoms with E-state index in [0.29, 0.717) is 60.2 Å². The third-order valence-electron chi connectivity index (χ3n) is 5.52. The second kappa shape index (κ2) is 9.12. The molecule has 7 heteroatoms. The van der Waals surface area contributed by atoms with Crippen LogP contribution in [0, 0.1) is 6.92 Å². The van der Waals surface area contributed by atoms with Gasteiger partial charge in [-0.1, -0.05) is 41.6 Å². The first kappa shape index (κ1) is 20.8. The number of aromatic nitrogens is 1. The fourth-order valence-corrected chi connectivity index (χ4v) is 3.85. The Morgan fingerprint density at radius 2 is 1.65 bits per heavy atom. The van der Waals surface area contributed by atoms with Gasteiger partial charge in [0.15, 0.2) is 11.5 Å². The maximum atomic E-state index is 13.3. The summed E-state index contributed by atoms with van der Waals surface area (Å²) in [6, 6.07) is 15.2. The molecule has 1 fully saturated rings. The Morgan fingerprint density at radius 1 is 1.00 bits per heavy atom.